The number of hydrogen-bond donors (Lipinski definition) is 3. The van der Waals surface area contributed by atoms with Gasteiger partial charge in [-0.15, -0.1) is 0 Å². The van der Waals surface area contributed by atoms with Gasteiger partial charge in [-0.05, 0) is 49.1 Å². The van der Waals surface area contributed by atoms with Crippen LogP contribution < -0.4 is 20.1 Å². The molecule has 0 saturated heterocycles. The number of sulfonamides is 1. The third kappa shape index (κ3) is 6.79. The van der Waals surface area contributed by atoms with Gasteiger partial charge in [-0.25, -0.2) is 26.7 Å². The van der Waals surface area contributed by atoms with Crippen LogP contribution in [0.15, 0.2) is 41.3 Å². The maximum Gasteiger partial charge on any atom is 0.402 e. The van der Waals surface area contributed by atoms with Crippen LogP contribution >= 0.6 is 0 Å². The fourth-order valence-electron chi connectivity index (χ4n) is 2.52. The standard InChI is InChI=1S/C19H18F5N3O4S/c20-12-3-5-15(14(21)7-12)26-18(28)27-16-8-13(32(29,30)25-10-19(22,23)24)4-6-17(16)31-9-11-1-2-11/h3-8,11,25H,1-2,9-10H2,(H2,26,27,28). The number of ether oxygens (including phenoxy) is 1. The van der Waals surface area contributed by atoms with Crippen molar-refractivity contribution in [3.05, 3.63) is 48.0 Å². The van der Waals surface area contributed by atoms with E-state index < -0.39 is 45.3 Å². The molecule has 0 bridgehead atoms. The second-order valence-corrected chi connectivity index (χ2v) is 8.82. The lowest BCUT2D eigenvalue weighted by atomic mass is 10.3. The predicted molar refractivity (Wildman–Crippen MR) is 105 cm³/mol. The van der Waals surface area contributed by atoms with E-state index in [-0.39, 0.29) is 17.1 Å². The zero-order chi connectivity index (χ0) is 23.5. The molecule has 7 nitrogen and oxygen atoms in total. The number of nitrogens with one attached hydrogen (secondary N) is 3. The van der Waals surface area contributed by atoms with Gasteiger partial charge in [0.2, 0.25) is 10.0 Å². The number of alkyl halides is 3. The first-order valence-electron chi connectivity index (χ1n) is 9.29. The molecule has 2 aromatic rings. The zero-order valence-corrected chi connectivity index (χ0v) is 17.1. The van der Waals surface area contributed by atoms with Crippen molar-refractivity contribution in [1.29, 1.82) is 0 Å². The van der Waals surface area contributed by atoms with Crippen LogP contribution in [0.2, 0.25) is 0 Å². The van der Waals surface area contributed by atoms with Crippen LogP contribution in [0.5, 0.6) is 5.75 Å². The first-order chi connectivity index (χ1) is 14.9. The quantitative estimate of drug-likeness (QED) is 0.494. The smallest absolute Gasteiger partial charge is 0.402 e. The molecule has 0 unspecified atom stereocenters. The number of carbonyl (C=O) groups is 1. The topological polar surface area (TPSA) is 96.5 Å². The monoisotopic (exact) mass is 479 g/mol. The Morgan fingerprint density at radius 1 is 1.03 bits per heavy atom. The van der Waals surface area contributed by atoms with Gasteiger partial charge in [0.05, 0.1) is 22.9 Å². The van der Waals surface area contributed by atoms with E-state index in [1.54, 1.807) is 0 Å². The number of hydrogen-bond acceptors (Lipinski definition) is 4. The number of amides is 2. The molecule has 0 heterocycles. The molecule has 174 valence electrons. The summed E-state index contributed by atoms with van der Waals surface area (Å²) in [6, 6.07) is 4.59. The first-order valence-corrected chi connectivity index (χ1v) is 10.8. The van der Waals surface area contributed by atoms with Crippen LogP contribution in [-0.4, -0.2) is 33.8 Å². The minimum atomic E-state index is -4.76. The molecule has 1 fully saturated rings. The largest absolute Gasteiger partial charge is 0.491 e. The second-order valence-electron chi connectivity index (χ2n) is 7.06. The Morgan fingerprint density at radius 3 is 2.34 bits per heavy atom. The number of urea groups is 1. The molecule has 2 aromatic carbocycles. The summed E-state index contributed by atoms with van der Waals surface area (Å²) in [6.45, 7) is -1.48. The number of halogens is 5. The van der Waals surface area contributed by atoms with Crippen LogP contribution in [0.3, 0.4) is 0 Å². The highest BCUT2D eigenvalue weighted by Gasteiger charge is 2.30. The molecule has 0 aliphatic heterocycles. The molecule has 3 rings (SSSR count). The van der Waals surface area contributed by atoms with Crippen molar-refractivity contribution >= 4 is 27.4 Å². The number of anilines is 2. The van der Waals surface area contributed by atoms with E-state index in [1.807, 2.05) is 0 Å². The van der Waals surface area contributed by atoms with Crippen molar-refractivity contribution in [2.24, 2.45) is 5.92 Å². The van der Waals surface area contributed by atoms with Gasteiger partial charge in [-0.2, -0.15) is 13.2 Å². The molecule has 1 aliphatic rings. The number of benzene rings is 2. The lowest BCUT2D eigenvalue weighted by Crippen LogP contribution is -2.33. The molecule has 32 heavy (non-hydrogen) atoms. The van der Waals surface area contributed by atoms with Crippen molar-refractivity contribution in [3.63, 3.8) is 0 Å². The Kier molecular flexibility index (Phi) is 6.88. The highest BCUT2D eigenvalue weighted by Crippen LogP contribution is 2.33. The molecule has 13 heteroatoms. The molecule has 0 aromatic heterocycles. The fraction of sp³-hybridized carbons (Fsp3) is 0.316. The van der Waals surface area contributed by atoms with Gasteiger partial charge in [-0.1, -0.05) is 0 Å². The SMILES string of the molecule is O=C(Nc1ccc(F)cc1F)Nc1cc(S(=O)(=O)NCC(F)(F)F)ccc1OCC1CC1. The van der Waals surface area contributed by atoms with E-state index in [4.69, 9.17) is 4.74 Å². The molecule has 0 radical (unpaired) electrons. The van der Waals surface area contributed by atoms with Gasteiger partial charge < -0.3 is 15.4 Å². The van der Waals surface area contributed by atoms with E-state index in [0.717, 1.165) is 37.1 Å². The van der Waals surface area contributed by atoms with Gasteiger partial charge in [-0.3, -0.25) is 0 Å². The van der Waals surface area contributed by atoms with Gasteiger partial charge >= 0.3 is 12.2 Å². The zero-order valence-electron chi connectivity index (χ0n) is 16.3. The maximum atomic E-state index is 13.8. The van der Waals surface area contributed by atoms with Crippen LogP contribution in [0.4, 0.5) is 38.1 Å². The lowest BCUT2D eigenvalue weighted by Gasteiger charge is -2.15. The highest BCUT2D eigenvalue weighted by atomic mass is 32.2. The maximum absolute atomic E-state index is 13.8. The summed E-state index contributed by atoms with van der Waals surface area (Å²) in [7, 11) is -4.56. The van der Waals surface area contributed by atoms with Crippen molar-refractivity contribution in [2.45, 2.75) is 23.9 Å². The third-order valence-corrected chi connectivity index (χ3v) is 5.72. The minimum Gasteiger partial charge on any atom is -0.491 e. The van der Waals surface area contributed by atoms with Gasteiger partial charge in [0, 0.05) is 6.07 Å². The van der Waals surface area contributed by atoms with E-state index in [0.29, 0.717) is 18.6 Å². The summed E-state index contributed by atoms with van der Waals surface area (Å²) in [5.41, 5.74) is -0.513. The first kappa shape index (κ1) is 23.7. The Labute approximate surface area is 180 Å². The van der Waals surface area contributed by atoms with E-state index in [9.17, 15) is 35.2 Å². The molecule has 1 saturated carbocycles. The van der Waals surface area contributed by atoms with Gasteiger partial charge in [0.25, 0.3) is 0 Å². The van der Waals surface area contributed by atoms with Crippen molar-refractivity contribution in [2.75, 3.05) is 23.8 Å². The average Bonchev–Trinajstić information content (AvgIpc) is 3.52. The highest BCUT2D eigenvalue weighted by molar-refractivity contribution is 7.89. The second kappa shape index (κ2) is 9.28. The van der Waals surface area contributed by atoms with Crippen LogP contribution in [0, 0.1) is 17.6 Å². The molecule has 2 amide bonds. The van der Waals surface area contributed by atoms with Crippen molar-refractivity contribution < 1.29 is 39.9 Å². The van der Waals surface area contributed by atoms with Crippen molar-refractivity contribution in [3.8, 4) is 5.75 Å². The van der Waals surface area contributed by atoms with Crippen molar-refractivity contribution in [1.82, 2.24) is 4.72 Å². The summed E-state index contributed by atoms with van der Waals surface area (Å²) in [6.07, 6.45) is -2.87. The molecule has 3 N–H and O–H groups in total. The summed E-state index contributed by atoms with van der Waals surface area (Å²) in [4.78, 5) is 11.7. The summed E-state index contributed by atoms with van der Waals surface area (Å²) in [5.74, 6) is -1.52. The number of carbonyl (C=O) groups excluding carboxylic acids is 1. The van der Waals surface area contributed by atoms with Gasteiger partial charge in [0.15, 0.2) is 0 Å². The summed E-state index contributed by atoms with van der Waals surface area (Å²) < 4.78 is 95.4. The van der Waals surface area contributed by atoms with Crippen LogP contribution in [-0.2, 0) is 10.0 Å². The number of rotatable bonds is 8. The lowest BCUT2D eigenvalue weighted by molar-refractivity contribution is -0.121. The van der Waals surface area contributed by atoms with Crippen LogP contribution in [0.1, 0.15) is 12.8 Å². The third-order valence-electron chi connectivity index (χ3n) is 4.32. The normalized spacial score (nSPS) is 14.2. The summed E-state index contributed by atoms with van der Waals surface area (Å²) >= 11 is 0. The Morgan fingerprint density at radius 2 is 1.72 bits per heavy atom. The molecular formula is C19H18F5N3O4S. The fourth-order valence-corrected chi connectivity index (χ4v) is 3.56. The molecular weight excluding hydrogens is 461 g/mol. The van der Waals surface area contributed by atoms with E-state index in [1.165, 1.54) is 10.8 Å². The molecule has 0 atom stereocenters. The van der Waals surface area contributed by atoms with E-state index in [2.05, 4.69) is 10.6 Å². The minimum absolute atomic E-state index is 0.0707. The molecule has 0 spiro atoms. The Balaban J connectivity index is 1.81. The van der Waals surface area contributed by atoms with Gasteiger partial charge in [0.1, 0.15) is 23.9 Å². The Bertz CT molecular complexity index is 1100. The predicted octanol–water partition coefficient (Wildman–Crippen LogP) is 4.24. The Hall–Kier alpha value is -2.93. The van der Waals surface area contributed by atoms with E-state index >= 15 is 0 Å². The average molecular weight is 479 g/mol. The van der Waals surface area contributed by atoms with Crippen LogP contribution in [0.25, 0.3) is 0 Å². The summed E-state index contributed by atoms with van der Waals surface area (Å²) in [5, 5.41) is 4.41. The molecule has 1 aliphatic carbocycles.